The summed E-state index contributed by atoms with van der Waals surface area (Å²) < 4.78 is 0. The number of carboxylic acid groups (broad SMARTS) is 1. The predicted molar refractivity (Wildman–Crippen MR) is 100 cm³/mol. The van der Waals surface area contributed by atoms with E-state index in [9.17, 15) is 14.7 Å². The Bertz CT molecular complexity index is 578. The maximum Gasteiger partial charge on any atom is 0.326 e. The molecule has 0 aliphatic carbocycles. The van der Waals surface area contributed by atoms with Crippen LogP contribution in [0.1, 0.15) is 40.0 Å². The molecule has 1 aliphatic rings. The number of benzene rings is 1. The number of rotatable bonds is 6. The van der Waals surface area contributed by atoms with Gasteiger partial charge in [0.25, 0.3) is 0 Å². The largest absolute Gasteiger partial charge is 0.480 e. The Labute approximate surface area is 149 Å². The molecule has 0 saturated carbocycles. The summed E-state index contributed by atoms with van der Waals surface area (Å²) in [6, 6.07) is 6.32. The Hall–Kier alpha value is -2.24. The number of piperidine rings is 1. The van der Waals surface area contributed by atoms with Crippen LogP contribution in [0.25, 0.3) is 0 Å². The summed E-state index contributed by atoms with van der Waals surface area (Å²) >= 11 is 0. The molecule has 25 heavy (non-hydrogen) atoms. The van der Waals surface area contributed by atoms with Gasteiger partial charge in [-0.25, -0.2) is 9.59 Å². The number of carbonyl (C=O) groups is 2. The second-order valence-corrected chi connectivity index (χ2v) is 7.34. The third-order valence-electron chi connectivity index (χ3n) is 4.58. The molecule has 1 aromatic carbocycles. The topological polar surface area (TPSA) is 81.7 Å². The zero-order valence-corrected chi connectivity index (χ0v) is 15.3. The number of amides is 2. The molecule has 1 unspecified atom stereocenters. The fourth-order valence-electron chi connectivity index (χ4n) is 3.04. The molecule has 0 bridgehead atoms. The van der Waals surface area contributed by atoms with Crippen molar-refractivity contribution in [3.63, 3.8) is 0 Å². The molecule has 0 spiro atoms. The van der Waals surface area contributed by atoms with Gasteiger partial charge >= 0.3 is 12.0 Å². The molecule has 2 rings (SSSR count). The lowest BCUT2D eigenvalue weighted by molar-refractivity contribution is -0.139. The third-order valence-corrected chi connectivity index (χ3v) is 4.58. The summed E-state index contributed by atoms with van der Waals surface area (Å²) in [5.41, 5.74) is 1.81. The van der Waals surface area contributed by atoms with Crippen molar-refractivity contribution in [2.75, 3.05) is 23.3 Å². The number of aliphatic carboxylic acids is 1. The second kappa shape index (κ2) is 8.74. The van der Waals surface area contributed by atoms with Crippen LogP contribution >= 0.6 is 0 Å². The zero-order chi connectivity index (χ0) is 18.4. The molecule has 0 aromatic heterocycles. The number of hydrogen-bond acceptors (Lipinski definition) is 3. The molecule has 138 valence electrons. The number of hydrogen-bond donors (Lipinski definition) is 3. The standard InChI is InChI=1S/C19H29N3O3/c1-13(2)12-17(18(23)24)21-19(25)20-15-4-6-16(7-5-15)22-10-8-14(3)9-11-22/h4-7,13-14,17H,8-12H2,1-3H3,(H,23,24)(H2,20,21,25). The van der Waals surface area contributed by atoms with E-state index in [-0.39, 0.29) is 5.92 Å². The van der Waals surface area contributed by atoms with E-state index in [4.69, 9.17) is 0 Å². The van der Waals surface area contributed by atoms with Gasteiger partial charge in [0.05, 0.1) is 0 Å². The number of urea groups is 1. The number of carbonyl (C=O) groups excluding carboxylic acids is 1. The second-order valence-electron chi connectivity index (χ2n) is 7.34. The summed E-state index contributed by atoms with van der Waals surface area (Å²) in [4.78, 5) is 25.6. The van der Waals surface area contributed by atoms with Gasteiger partial charge in [-0.3, -0.25) is 0 Å². The Morgan fingerprint density at radius 3 is 2.32 bits per heavy atom. The minimum absolute atomic E-state index is 0.188. The maximum atomic E-state index is 12.0. The highest BCUT2D eigenvalue weighted by Crippen LogP contribution is 2.24. The van der Waals surface area contributed by atoms with Gasteiger partial charge in [-0.1, -0.05) is 20.8 Å². The van der Waals surface area contributed by atoms with Gasteiger partial charge in [0.15, 0.2) is 0 Å². The fourth-order valence-corrected chi connectivity index (χ4v) is 3.04. The predicted octanol–water partition coefficient (Wildman–Crippen LogP) is 3.54. The Morgan fingerprint density at radius 2 is 1.80 bits per heavy atom. The quantitative estimate of drug-likeness (QED) is 0.735. The van der Waals surface area contributed by atoms with E-state index in [1.807, 2.05) is 38.1 Å². The number of nitrogens with one attached hydrogen (secondary N) is 2. The number of carboxylic acids is 1. The highest BCUT2D eigenvalue weighted by Gasteiger charge is 2.21. The van der Waals surface area contributed by atoms with E-state index >= 15 is 0 Å². The molecular formula is C19H29N3O3. The molecule has 2 amide bonds. The van der Waals surface area contributed by atoms with Gasteiger partial charge in [0, 0.05) is 24.5 Å². The lowest BCUT2D eigenvalue weighted by atomic mass is 9.99. The molecule has 6 nitrogen and oxygen atoms in total. The van der Waals surface area contributed by atoms with E-state index in [2.05, 4.69) is 22.5 Å². The van der Waals surface area contributed by atoms with Crippen molar-refractivity contribution in [1.82, 2.24) is 5.32 Å². The van der Waals surface area contributed by atoms with Crippen molar-refractivity contribution in [2.24, 2.45) is 11.8 Å². The van der Waals surface area contributed by atoms with Crippen molar-refractivity contribution >= 4 is 23.4 Å². The van der Waals surface area contributed by atoms with Crippen molar-refractivity contribution < 1.29 is 14.7 Å². The van der Waals surface area contributed by atoms with Gasteiger partial charge in [0.1, 0.15) is 6.04 Å². The summed E-state index contributed by atoms with van der Waals surface area (Å²) in [5.74, 6) is -0.0413. The molecule has 1 aliphatic heterocycles. The highest BCUT2D eigenvalue weighted by molar-refractivity contribution is 5.92. The molecule has 1 saturated heterocycles. The van der Waals surface area contributed by atoms with Crippen LogP contribution in [0, 0.1) is 11.8 Å². The molecule has 1 heterocycles. The average molecular weight is 347 g/mol. The Kier molecular flexibility index (Phi) is 6.67. The third kappa shape index (κ3) is 5.96. The van der Waals surface area contributed by atoms with Gasteiger partial charge in [-0.2, -0.15) is 0 Å². The number of anilines is 2. The van der Waals surface area contributed by atoms with Gasteiger partial charge in [-0.15, -0.1) is 0 Å². The van der Waals surface area contributed by atoms with Crippen LogP contribution < -0.4 is 15.5 Å². The molecule has 1 fully saturated rings. The molecule has 0 radical (unpaired) electrons. The normalized spacial score (nSPS) is 16.6. The van der Waals surface area contributed by atoms with E-state index in [1.54, 1.807) is 0 Å². The zero-order valence-electron chi connectivity index (χ0n) is 15.3. The maximum absolute atomic E-state index is 12.0. The monoisotopic (exact) mass is 347 g/mol. The first-order chi connectivity index (χ1) is 11.8. The smallest absolute Gasteiger partial charge is 0.326 e. The van der Waals surface area contributed by atoms with E-state index in [1.165, 1.54) is 12.8 Å². The minimum Gasteiger partial charge on any atom is -0.480 e. The van der Waals surface area contributed by atoms with Gasteiger partial charge in [-0.05, 0) is 55.4 Å². The van der Waals surface area contributed by atoms with Gasteiger partial charge in [0.2, 0.25) is 0 Å². The molecule has 6 heteroatoms. The molecule has 1 atom stereocenters. The fraction of sp³-hybridized carbons (Fsp3) is 0.579. The first kappa shape index (κ1) is 19.1. The van der Waals surface area contributed by atoms with Crippen LogP contribution in [-0.2, 0) is 4.79 Å². The first-order valence-corrected chi connectivity index (χ1v) is 9.00. The SMILES string of the molecule is CC(C)CC(NC(=O)Nc1ccc(N2CCC(C)CC2)cc1)C(=O)O. The van der Waals surface area contributed by atoms with E-state index in [0.29, 0.717) is 12.1 Å². The van der Waals surface area contributed by atoms with Crippen LogP contribution in [-0.4, -0.2) is 36.2 Å². The molecular weight excluding hydrogens is 318 g/mol. The lowest BCUT2D eigenvalue weighted by Gasteiger charge is -2.32. The van der Waals surface area contributed by atoms with Crippen LogP contribution in [0.3, 0.4) is 0 Å². The minimum atomic E-state index is -1.02. The summed E-state index contributed by atoms with van der Waals surface area (Å²) in [5, 5.41) is 14.4. The molecule has 1 aromatic rings. The Balaban J connectivity index is 1.89. The van der Waals surface area contributed by atoms with Gasteiger partial charge < -0.3 is 20.6 Å². The van der Waals surface area contributed by atoms with Crippen molar-refractivity contribution in [2.45, 2.75) is 46.1 Å². The van der Waals surface area contributed by atoms with Crippen LogP contribution in [0.2, 0.25) is 0 Å². The van der Waals surface area contributed by atoms with Crippen molar-refractivity contribution in [3.8, 4) is 0 Å². The first-order valence-electron chi connectivity index (χ1n) is 9.00. The average Bonchev–Trinajstić information content (AvgIpc) is 2.55. The summed E-state index contributed by atoms with van der Waals surface area (Å²) in [6.45, 7) is 8.26. The highest BCUT2D eigenvalue weighted by atomic mass is 16.4. The van der Waals surface area contributed by atoms with Crippen LogP contribution in [0.5, 0.6) is 0 Å². The van der Waals surface area contributed by atoms with Crippen molar-refractivity contribution in [3.05, 3.63) is 24.3 Å². The summed E-state index contributed by atoms with van der Waals surface area (Å²) in [7, 11) is 0. The van der Waals surface area contributed by atoms with Crippen LogP contribution in [0.4, 0.5) is 16.2 Å². The number of nitrogens with zero attached hydrogens (tertiary/aromatic N) is 1. The Morgan fingerprint density at radius 1 is 1.20 bits per heavy atom. The van der Waals surface area contributed by atoms with E-state index in [0.717, 1.165) is 24.7 Å². The van der Waals surface area contributed by atoms with Crippen molar-refractivity contribution in [1.29, 1.82) is 0 Å². The van der Waals surface area contributed by atoms with Crippen LogP contribution in [0.15, 0.2) is 24.3 Å². The molecule has 3 N–H and O–H groups in total. The van der Waals surface area contributed by atoms with E-state index < -0.39 is 18.0 Å². The lowest BCUT2D eigenvalue weighted by Crippen LogP contribution is -2.43. The summed E-state index contributed by atoms with van der Waals surface area (Å²) in [6.07, 6.45) is 2.80.